The van der Waals surface area contributed by atoms with E-state index in [0.717, 1.165) is 19.5 Å². The first-order valence-electron chi connectivity index (χ1n) is 7.55. The number of aryl methyl sites for hydroxylation is 1. The van der Waals surface area contributed by atoms with Crippen LogP contribution in [0.15, 0.2) is 6.20 Å². The maximum atomic E-state index is 13.2. The van der Waals surface area contributed by atoms with Gasteiger partial charge in [-0.15, -0.1) is 0 Å². The Morgan fingerprint density at radius 1 is 1.43 bits per heavy atom. The molecule has 6 nitrogen and oxygen atoms in total. The zero-order valence-electron chi connectivity index (χ0n) is 13.4. The Morgan fingerprint density at radius 2 is 2.10 bits per heavy atom. The maximum Gasteiger partial charge on any atom is 0.204 e. The van der Waals surface area contributed by atoms with Crippen molar-refractivity contribution in [2.45, 2.75) is 39.3 Å². The van der Waals surface area contributed by atoms with Crippen LogP contribution in [0.3, 0.4) is 0 Å². The SMILES string of the molecule is CCn1ncc(OC)c1C(=O)C(C)(CC)N1CCOCC1. The molecule has 1 aliphatic heterocycles. The van der Waals surface area contributed by atoms with E-state index in [4.69, 9.17) is 9.47 Å². The second-order valence-corrected chi connectivity index (χ2v) is 5.43. The molecule has 1 aromatic heterocycles. The molecule has 2 heterocycles. The number of morpholine rings is 1. The van der Waals surface area contributed by atoms with Gasteiger partial charge in [0.25, 0.3) is 0 Å². The fourth-order valence-corrected chi connectivity index (χ4v) is 2.83. The first kappa shape index (κ1) is 16.0. The predicted octanol–water partition coefficient (Wildman–Crippen LogP) is 1.60. The van der Waals surface area contributed by atoms with Gasteiger partial charge in [0.1, 0.15) is 5.69 Å². The van der Waals surface area contributed by atoms with E-state index in [0.29, 0.717) is 31.2 Å². The minimum atomic E-state index is -0.552. The average Bonchev–Trinajstić information content (AvgIpc) is 2.97. The third kappa shape index (κ3) is 2.82. The summed E-state index contributed by atoms with van der Waals surface area (Å²) in [6.45, 7) is 9.57. The number of methoxy groups -OCH3 is 1. The van der Waals surface area contributed by atoms with Crippen LogP contribution in [0.5, 0.6) is 5.75 Å². The monoisotopic (exact) mass is 295 g/mol. The van der Waals surface area contributed by atoms with Crippen molar-refractivity contribution in [1.82, 2.24) is 14.7 Å². The molecule has 1 aliphatic rings. The van der Waals surface area contributed by atoms with Crippen LogP contribution in [-0.2, 0) is 11.3 Å². The van der Waals surface area contributed by atoms with Crippen molar-refractivity contribution in [3.05, 3.63) is 11.9 Å². The molecule has 2 rings (SSSR count). The summed E-state index contributed by atoms with van der Waals surface area (Å²) in [5.41, 5.74) is 0.0140. The molecule has 0 saturated carbocycles. The topological polar surface area (TPSA) is 56.6 Å². The maximum absolute atomic E-state index is 13.2. The number of ketones is 1. The Hall–Kier alpha value is -1.40. The molecule has 0 amide bonds. The number of Topliss-reactive ketones (excluding diaryl/α,β-unsaturated/α-hetero) is 1. The van der Waals surface area contributed by atoms with Gasteiger partial charge in [-0.2, -0.15) is 5.10 Å². The van der Waals surface area contributed by atoms with Crippen molar-refractivity contribution in [3.8, 4) is 5.75 Å². The standard InChI is InChI=1S/C15H25N3O3/c1-5-15(3,17-7-9-21-10-8-17)14(19)13-12(20-4)11-16-18(13)6-2/h11H,5-10H2,1-4H3. The molecule has 0 spiro atoms. The summed E-state index contributed by atoms with van der Waals surface area (Å²) in [5, 5.41) is 4.25. The largest absolute Gasteiger partial charge is 0.493 e. The Bertz CT molecular complexity index is 473. The summed E-state index contributed by atoms with van der Waals surface area (Å²) in [5.74, 6) is 0.623. The third-order valence-electron chi connectivity index (χ3n) is 4.43. The van der Waals surface area contributed by atoms with Crippen molar-refractivity contribution < 1.29 is 14.3 Å². The Kier molecular flexibility index (Phi) is 5.00. The van der Waals surface area contributed by atoms with Crippen molar-refractivity contribution in [2.75, 3.05) is 33.4 Å². The van der Waals surface area contributed by atoms with Gasteiger partial charge < -0.3 is 9.47 Å². The normalized spacial score (nSPS) is 19.2. The van der Waals surface area contributed by atoms with Crippen LogP contribution in [0.2, 0.25) is 0 Å². The van der Waals surface area contributed by atoms with Gasteiger partial charge in [0.2, 0.25) is 5.78 Å². The number of aromatic nitrogens is 2. The minimum absolute atomic E-state index is 0.0723. The molecule has 0 radical (unpaired) electrons. The van der Waals surface area contributed by atoms with Crippen LogP contribution in [0, 0.1) is 0 Å². The number of carbonyl (C=O) groups is 1. The molecule has 1 saturated heterocycles. The Balaban J connectivity index is 2.37. The van der Waals surface area contributed by atoms with Crippen LogP contribution in [0.25, 0.3) is 0 Å². The smallest absolute Gasteiger partial charge is 0.204 e. The lowest BCUT2D eigenvalue weighted by Crippen LogP contribution is -2.56. The van der Waals surface area contributed by atoms with Gasteiger partial charge in [-0.05, 0) is 20.3 Å². The van der Waals surface area contributed by atoms with Crippen LogP contribution in [-0.4, -0.2) is 59.4 Å². The predicted molar refractivity (Wildman–Crippen MR) is 79.9 cm³/mol. The quantitative estimate of drug-likeness (QED) is 0.746. The lowest BCUT2D eigenvalue weighted by molar-refractivity contribution is -0.0111. The molecule has 0 bridgehead atoms. The fourth-order valence-electron chi connectivity index (χ4n) is 2.83. The van der Waals surface area contributed by atoms with Gasteiger partial charge in [0.05, 0.1) is 32.1 Å². The van der Waals surface area contributed by atoms with E-state index in [9.17, 15) is 4.79 Å². The summed E-state index contributed by atoms with van der Waals surface area (Å²) >= 11 is 0. The highest BCUT2D eigenvalue weighted by Gasteiger charge is 2.41. The Labute approximate surface area is 126 Å². The van der Waals surface area contributed by atoms with E-state index in [1.54, 1.807) is 18.0 Å². The van der Waals surface area contributed by atoms with Crippen molar-refractivity contribution in [3.63, 3.8) is 0 Å². The van der Waals surface area contributed by atoms with Gasteiger partial charge in [0, 0.05) is 19.6 Å². The molecule has 0 N–H and O–H groups in total. The summed E-state index contributed by atoms with van der Waals surface area (Å²) in [6.07, 6.45) is 2.36. The molecule has 118 valence electrons. The van der Waals surface area contributed by atoms with Crippen molar-refractivity contribution in [2.24, 2.45) is 0 Å². The van der Waals surface area contributed by atoms with Gasteiger partial charge in [-0.3, -0.25) is 14.4 Å². The van der Waals surface area contributed by atoms with E-state index in [-0.39, 0.29) is 5.78 Å². The molecule has 0 aliphatic carbocycles. The van der Waals surface area contributed by atoms with Crippen LogP contribution in [0.4, 0.5) is 0 Å². The minimum Gasteiger partial charge on any atom is -0.493 e. The van der Waals surface area contributed by atoms with Crippen molar-refractivity contribution in [1.29, 1.82) is 0 Å². The first-order chi connectivity index (χ1) is 10.1. The summed E-state index contributed by atoms with van der Waals surface area (Å²) in [4.78, 5) is 15.4. The summed E-state index contributed by atoms with van der Waals surface area (Å²) in [6, 6.07) is 0. The van der Waals surface area contributed by atoms with E-state index >= 15 is 0 Å². The zero-order valence-corrected chi connectivity index (χ0v) is 13.4. The summed E-state index contributed by atoms with van der Waals surface area (Å²) in [7, 11) is 1.58. The van der Waals surface area contributed by atoms with Crippen LogP contribution < -0.4 is 4.74 Å². The highest BCUT2D eigenvalue weighted by atomic mass is 16.5. The molecule has 1 fully saturated rings. The second kappa shape index (κ2) is 6.58. The van der Waals surface area contributed by atoms with E-state index in [1.165, 1.54) is 0 Å². The highest BCUT2D eigenvalue weighted by molar-refractivity contribution is 6.03. The van der Waals surface area contributed by atoms with Gasteiger partial charge in [-0.25, -0.2) is 0 Å². The molecule has 6 heteroatoms. The average molecular weight is 295 g/mol. The van der Waals surface area contributed by atoms with Crippen molar-refractivity contribution >= 4 is 5.78 Å². The highest BCUT2D eigenvalue weighted by Crippen LogP contribution is 2.29. The number of ether oxygens (including phenoxy) is 2. The van der Waals surface area contributed by atoms with E-state index in [1.807, 2.05) is 20.8 Å². The van der Waals surface area contributed by atoms with Crippen LogP contribution in [0.1, 0.15) is 37.7 Å². The Morgan fingerprint density at radius 3 is 2.62 bits per heavy atom. The number of nitrogens with zero attached hydrogens (tertiary/aromatic N) is 3. The molecule has 21 heavy (non-hydrogen) atoms. The lowest BCUT2D eigenvalue weighted by Gasteiger charge is -2.41. The molecule has 0 aromatic carbocycles. The number of rotatable bonds is 6. The second-order valence-electron chi connectivity index (χ2n) is 5.43. The zero-order chi connectivity index (χ0) is 15.5. The fraction of sp³-hybridized carbons (Fsp3) is 0.733. The molecular weight excluding hydrogens is 270 g/mol. The lowest BCUT2D eigenvalue weighted by atomic mass is 9.88. The molecule has 1 unspecified atom stereocenters. The van der Waals surface area contributed by atoms with Gasteiger partial charge in [0.15, 0.2) is 5.75 Å². The molecule has 1 aromatic rings. The molecular formula is C15H25N3O3. The summed E-state index contributed by atoms with van der Waals surface area (Å²) < 4.78 is 12.5. The van der Waals surface area contributed by atoms with Gasteiger partial charge in [-0.1, -0.05) is 6.92 Å². The molecule has 1 atom stereocenters. The van der Waals surface area contributed by atoms with E-state index < -0.39 is 5.54 Å². The number of hydrogen-bond donors (Lipinski definition) is 0. The first-order valence-corrected chi connectivity index (χ1v) is 7.55. The third-order valence-corrected chi connectivity index (χ3v) is 4.43. The van der Waals surface area contributed by atoms with Gasteiger partial charge >= 0.3 is 0 Å². The van der Waals surface area contributed by atoms with Crippen LogP contribution >= 0.6 is 0 Å². The number of carbonyl (C=O) groups excluding carboxylic acids is 1. The number of hydrogen-bond acceptors (Lipinski definition) is 5. The van der Waals surface area contributed by atoms with E-state index in [2.05, 4.69) is 10.00 Å².